The van der Waals surface area contributed by atoms with Crippen molar-refractivity contribution in [2.24, 2.45) is 5.92 Å². The fourth-order valence-corrected chi connectivity index (χ4v) is 2.76. The molecule has 0 radical (unpaired) electrons. The molecule has 2 aliphatic rings. The van der Waals surface area contributed by atoms with Crippen molar-refractivity contribution in [3.8, 4) is 0 Å². The van der Waals surface area contributed by atoms with E-state index < -0.39 is 6.04 Å². The van der Waals surface area contributed by atoms with E-state index in [-0.39, 0.29) is 29.3 Å². The summed E-state index contributed by atoms with van der Waals surface area (Å²) in [7, 11) is 0. The van der Waals surface area contributed by atoms with Crippen LogP contribution >= 0.6 is 0 Å². The fraction of sp³-hybridized carbons (Fsp3) is 0.533. The van der Waals surface area contributed by atoms with Crippen molar-refractivity contribution in [2.75, 3.05) is 6.54 Å². The van der Waals surface area contributed by atoms with Gasteiger partial charge in [0.05, 0.1) is 0 Å². The molecule has 2 atom stereocenters. The Kier molecular flexibility index (Phi) is 3.53. The first-order valence-corrected chi connectivity index (χ1v) is 7.34. The highest BCUT2D eigenvalue weighted by Gasteiger charge is 2.45. The molecule has 1 aliphatic carbocycles. The normalized spacial score (nSPS) is 25.9. The van der Waals surface area contributed by atoms with Gasteiger partial charge in [-0.05, 0) is 31.7 Å². The molecule has 6 nitrogen and oxygen atoms in total. The fourth-order valence-electron chi connectivity index (χ4n) is 2.76. The molecule has 2 amide bonds. The Labute approximate surface area is 122 Å². The zero-order valence-corrected chi connectivity index (χ0v) is 12.0. The summed E-state index contributed by atoms with van der Waals surface area (Å²) in [6, 6.07) is 4.10. The van der Waals surface area contributed by atoms with E-state index in [1.165, 1.54) is 6.07 Å². The van der Waals surface area contributed by atoms with Gasteiger partial charge in [-0.1, -0.05) is 6.07 Å². The van der Waals surface area contributed by atoms with Crippen molar-refractivity contribution >= 4 is 11.8 Å². The summed E-state index contributed by atoms with van der Waals surface area (Å²) in [6.45, 7) is 2.51. The van der Waals surface area contributed by atoms with Crippen LogP contribution in [0, 0.1) is 5.92 Å². The van der Waals surface area contributed by atoms with Gasteiger partial charge in [-0.25, -0.2) is 0 Å². The van der Waals surface area contributed by atoms with Crippen LogP contribution in [0.2, 0.25) is 0 Å². The van der Waals surface area contributed by atoms with E-state index in [1.807, 2.05) is 0 Å². The summed E-state index contributed by atoms with van der Waals surface area (Å²) in [5.74, 6) is 0.163. The van der Waals surface area contributed by atoms with Crippen LogP contribution in [-0.4, -0.2) is 39.9 Å². The molecular formula is C15H19N3O3. The number of hydrogen-bond donors (Lipinski definition) is 1. The Morgan fingerprint density at radius 1 is 1.19 bits per heavy atom. The average molecular weight is 289 g/mol. The third-order valence-corrected chi connectivity index (χ3v) is 4.27. The van der Waals surface area contributed by atoms with E-state index in [9.17, 15) is 14.4 Å². The predicted octanol–water partition coefficient (Wildman–Crippen LogP) is -0.0262. The first-order chi connectivity index (χ1) is 10.1. The third kappa shape index (κ3) is 2.70. The van der Waals surface area contributed by atoms with E-state index in [0.29, 0.717) is 13.1 Å². The lowest BCUT2D eigenvalue weighted by molar-refractivity contribution is -0.149. The van der Waals surface area contributed by atoms with E-state index in [0.717, 1.165) is 12.8 Å². The SMILES string of the molecule is CC1C(=O)NC(C2CC2)C(=O)N1CCn1ccccc1=O. The molecule has 21 heavy (non-hydrogen) atoms. The van der Waals surface area contributed by atoms with Crippen molar-refractivity contribution in [1.82, 2.24) is 14.8 Å². The van der Waals surface area contributed by atoms with Crippen molar-refractivity contribution < 1.29 is 9.59 Å². The van der Waals surface area contributed by atoms with E-state index in [1.54, 1.807) is 34.7 Å². The minimum Gasteiger partial charge on any atom is -0.342 e. The number of carbonyl (C=O) groups is 2. The first kappa shape index (κ1) is 13.9. The number of amides is 2. The Morgan fingerprint density at radius 2 is 1.95 bits per heavy atom. The van der Waals surface area contributed by atoms with E-state index in [2.05, 4.69) is 5.32 Å². The molecule has 3 rings (SSSR count). The second kappa shape index (κ2) is 5.35. The maximum atomic E-state index is 12.5. The molecule has 1 N–H and O–H groups in total. The predicted molar refractivity (Wildman–Crippen MR) is 76.5 cm³/mol. The Hall–Kier alpha value is -2.11. The minimum atomic E-state index is -0.480. The molecule has 2 fully saturated rings. The molecule has 1 aliphatic heterocycles. The topological polar surface area (TPSA) is 71.4 Å². The summed E-state index contributed by atoms with van der Waals surface area (Å²) < 4.78 is 1.55. The van der Waals surface area contributed by atoms with Gasteiger partial charge < -0.3 is 14.8 Å². The van der Waals surface area contributed by atoms with Crippen LogP contribution in [0.1, 0.15) is 19.8 Å². The lowest BCUT2D eigenvalue weighted by Crippen LogP contribution is -2.63. The van der Waals surface area contributed by atoms with E-state index >= 15 is 0 Å². The molecule has 2 heterocycles. The monoisotopic (exact) mass is 289 g/mol. The number of piperazine rings is 1. The Balaban J connectivity index is 1.73. The molecule has 1 aromatic rings. The number of rotatable bonds is 4. The Bertz CT molecular complexity index is 621. The first-order valence-electron chi connectivity index (χ1n) is 7.34. The van der Waals surface area contributed by atoms with Gasteiger partial charge in [0, 0.05) is 25.4 Å². The highest BCUT2D eigenvalue weighted by atomic mass is 16.2. The standard InChI is InChI=1S/C15H19N3O3/c1-10-14(20)16-13(11-5-6-11)15(21)18(10)9-8-17-7-3-2-4-12(17)19/h2-4,7,10-11,13H,5-6,8-9H2,1H3,(H,16,20). The molecular weight excluding hydrogens is 270 g/mol. The van der Waals surface area contributed by atoms with Crippen molar-refractivity contribution in [3.63, 3.8) is 0 Å². The third-order valence-electron chi connectivity index (χ3n) is 4.27. The van der Waals surface area contributed by atoms with Gasteiger partial charge in [0.2, 0.25) is 11.8 Å². The van der Waals surface area contributed by atoms with Crippen LogP contribution in [0.3, 0.4) is 0 Å². The molecule has 112 valence electrons. The molecule has 0 spiro atoms. The largest absolute Gasteiger partial charge is 0.342 e. The van der Waals surface area contributed by atoms with Crippen LogP contribution in [0.25, 0.3) is 0 Å². The highest BCUT2D eigenvalue weighted by Crippen LogP contribution is 2.34. The lowest BCUT2D eigenvalue weighted by Gasteiger charge is -2.37. The number of aromatic nitrogens is 1. The van der Waals surface area contributed by atoms with Crippen molar-refractivity contribution in [1.29, 1.82) is 0 Å². The molecule has 1 saturated carbocycles. The molecule has 1 saturated heterocycles. The molecule has 1 aromatic heterocycles. The Morgan fingerprint density at radius 3 is 2.62 bits per heavy atom. The molecule has 0 aromatic carbocycles. The zero-order valence-electron chi connectivity index (χ0n) is 12.0. The van der Waals surface area contributed by atoms with Crippen LogP contribution in [0.5, 0.6) is 0 Å². The van der Waals surface area contributed by atoms with Gasteiger partial charge in [-0.3, -0.25) is 14.4 Å². The molecule has 6 heteroatoms. The number of nitrogens with one attached hydrogen (secondary N) is 1. The summed E-state index contributed by atoms with van der Waals surface area (Å²) >= 11 is 0. The second-order valence-electron chi connectivity index (χ2n) is 5.76. The quantitative estimate of drug-likeness (QED) is 0.846. The maximum Gasteiger partial charge on any atom is 0.250 e. The van der Waals surface area contributed by atoms with Gasteiger partial charge in [-0.2, -0.15) is 0 Å². The number of pyridine rings is 1. The van der Waals surface area contributed by atoms with Crippen LogP contribution in [0.15, 0.2) is 29.2 Å². The van der Waals surface area contributed by atoms with Gasteiger partial charge in [-0.15, -0.1) is 0 Å². The second-order valence-corrected chi connectivity index (χ2v) is 5.76. The summed E-state index contributed by atoms with van der Waals surface area (Å²) in [5, 5.41) is 2.82. The van der Waals surface area contributed by atoms with E-state index in [4.69, 9.17) is 0 Å². The minimum absolute atomic E-state index is 0.0198. The lowest BCUT2D eigenvalue weighted by atomic mass is 10.0. The van der Waals surface area contributed by atoms with Crippen LogP contribution in [0.4, 0.5) is 0 Å². The zero-order chi connectivity index (χ0) is 15.0. The number of nitrogens with zero attached hydrogens (tertiary/aromatic N) is 2. The van der Waals surface area contributed by atoms with Gasteiger partial charge >= 0.3 is 0 Å². The van der Waals surface area contributed by atoms with Gasteiger partial charge in [0.1, 0.15) is 12.1 Å². The molecule has 0 bridgehead atoms. The maximum absolute atomic E-state index is 12.5. The summed E-state index contributed by atoms with van der Waals surface area (Å²) in [5.41, 5.74) is -0.0993. The van der Waals surface area contributed by atoms with Crippen LogP contribution < -0.4 is 10.9 Å². The number of carbonyl (C=O) groups excluding carboxylic acids is 2. The van der Waals surface area contributed by atoms with Crippen molar-refractivity contribution in [3.05, 3.63) is 34.7 Å². The van der Waals surface area contributed by atoms with Crippen molar-refractivity contribution in [2.45, 2.75) is 38.4 Å². The summed E-state index contributed by atoms with van der Waals surface area (Å²) in [6.07, 6.45) is 3.69. The highest BCUT2D eigenvalue weighted by molar-refractivity contribution is 5.97. The summed E-state index contributed by atoms with van der Waals surface area (Å²) in [4.78, 5) is 37.8. The van der Waals surface area contributed by atoms with Crippen LogP contribution in [-0.2, 0) is 16.1 Å². The number of hydrogen-bond acceptors (Lipinski definition) is 3. The van der Waals surface area contributed by atoms with Gasteiger partial charge in [0.25, 0.3) is 5.56 Å². The average Bonchev–Trinajstić information content (AvgIpc) is 3.29. The smallest absolute Gasteiger partial charge is 0.250 e. The molecule has 2 unspecified atom stereocenters. The van der Waals surface area contributed by atoms with Gasteiger partial charge in [0.15, 0.2) is 0 Å².